The molecule has 2 nitrogen and oxygen atoms in total. The van der Waals surface area contributed by atoms with Crippen molar-refractivity contribution in [2.45, 2.75) is 19.8 Å². The van der Waals surface area contributed by atoms with E-state index in [9.17, 15) is 0 Å². The van der Waals surface area contributed by atoms with E-state index in [2.05, 4.69) is 29.4 Å². The van der Waals surface area contributed by atoms with Gasteiger partial charge in [-0.15, -0.1) is 11.3 Å². The molecule has 0 aliphatic heterocycles. The molecule has 0 fully saturated rings. The highest BCUT2D eigenvalue weighted by molar-refractivity contribution is 7.09. The van der Waals surface area contributed by atoms with Crippen LogP contribution < -0.4 is 0 Å². The van der Waals surface area contributed by atoms with E-state index in [4.69, 9.17) is 5.11 Å². The van der Waals surface area contributed by atoms with Crippen LogP contribution in [-0.2, 0) is 6.42 Å². The van der Waals surface area contributed by atoms with Gasteiger partial charge in [-0.3, -0.25) is 0 Å². The molecule has 0 radical (unpaired) electrons. The Kier molecular flexibility index (Phi) is 4.29. The molecule has 1 aromatic carbocycles. The molecule has 1 aromatic heterocycles. The van der Waals surface area contributed by atoms with Crippen LogP contribution in [0.15, 0.2) is 35.7 Å². The molecule has 17 heavy (non-hydrogen) atoms. The van der Waals surface area contributed by atoms with Crippen LogP contribution in [0.2, 0.25) is 0 Å². The topological polar surface area (TPSA) is 33.1 Å². The lowest BCUT2D eigenvalue weighted by atomic mass is 10.1. The molecule has 3 heteroatoms. The maximum absolute atomic E-state index is 8.98. The number of thiazole rings is 1. The van der Waals surface area contributed by atoms with Crippen LogP contribution in [0.3, 0.4) is 0 Å². The first kappa shape index (κ1) is 12.3. The second-order valence-electron chi connectivity index (χ2n) is 4.32. The van der Waals surface area contributed by atoms with E-state index in [-0.39, 0.29) is 6.61 Å². The van der Waals surface area contributed by atoms with Crippen LogP contribution in [0.1, 0.15) is 18.4 Å². The van der Waals surface area contributed by atoms with Crippen LogP contribution in [0.4, 0.5) is 0 Å². The Hall–Kier alpha value is -1.19. The van der Waals surface area contributed by atoms with Gasteiger partial charge in [0.15, 0.2) is 0 Å². The van der Waals surface area contributed by atoms with Gasteiger partial charge in [0.1, 0.15) is 0 Å². The summed E-state index contributed by atoms with van der Waals surface area (Å²) in [6.45, 7) is 2.32. The molecule has 0 aliphatic carbocycles. The minimum absolute atomic E-state index is 0.261. The molecule has 1 heterocycles. The summed E-state index contributed by atoms with van der Waals surface area (Å²) < 4.78 is 0. The predicted octanol–water partition coefficient (Wildman–Crippen LogP) is 3.37. The van der Waals surface area contributed by atoms with Crippen molar-refractivity contribution in [3.8, 4) is 11.3 Å². The second-order valence-corrected chi connectivity index (χ2v) is 5.26. The molecule has 1 N–H and O–H groups in total. The first-order chi connectivity index (χ1) is 8.29. The van der Waals surface area contributed by atoms with Gasteiger partial charge in [0.2, 0.25) is 0 Å². The van der Waals surface area contributed by atoms with Crippen molar-refractivity contribution in [2.75, 3.05) is 6.61 Å². The summed E-state index contributed by atoms with van der Waals surface area (Å²) in [7, 11) is 0. The van der Waals surface area contributed by atoms with Crippen molar-refractivity contribution in [1.29, 1.82) is 0 Å². The molecule has 0 saturated heterocycles. The zero-order chi connectivity index (χ0) is 12.1. The lowest BCUT2D eigenvalue weighted by Crippen LogP contribution is -2.01. The van der Waals surface area contributed by atoms with Gasteiger partial charge < -0.3 is 5.11 Å². The van der Waals surface area contributed by atoms with Crippen LogP contribution in [0, 0.1) is 5.92 Å². The number of aromatic nitrogens is 1. The normalized spacial score (nSPS) is 12.6. The Morgan fingerprint density at radius 1 is 1.29 bits per heavy atom. The molecule has 0 aliphatic rings. The maximum Gasteiger partial charge on any atom is 0.0932 e. The Balaban J connectivity index is 2.01. The average molecular weight is 247 g/mol. The number of rotatable bonds is 5. The maximum atomic E-state index is 8.98. The molecular formula is C14H17NOS. The average Bonchev–Trinajstić information content (AvgIpc) is 2.86. The minimum atomic E-state index is 0.261. The molecule has 2 aromatic rings. The molecule has 1 unspecified atom stereocenters. The molecule has 90 valence electrons. The van der Waals surface area contributed by atoms with Crippen molar-refractivity contribution in [3.05, 3.63) is 40.7 Å². The molecule has 0 saturated carbocycles. The third-order valence-electron chi connectivity index (χ3n) is 2.78. The highest BCUT2D eigenvalue weighted by Crippen LogP contribution is 2.22. The van der Waals surface area contributed by atoms with Crippen LogP contribution in [-0.4, -0.2) is 16.7 Å². The van der Waals surface area contributed by atoms with Crippen LogP contribution in [0.25, 0.3) is 11.3 Å². The van der Waals surface area contributed by atoms with E-state index in [1.165, 1.54) is 5.56 Å². The molecule has 0 amide bonds. The van der Waals surface area contributed by atoms with E-state index in [1.54, 1.807) is 11.3 Å². The van der Waals surface area contributed by atoms with Gasteiger partial charge in [-0.05, 0) is 18.8 Å². The van der Waals surface area contributed by atoms with Crippen molar-refractivity contribution < 1.29 is 5.11 Å². The zero-order valence-electron chi connectivity index (χ0n) is 9.97. The Labute approximate surface area is 106 Å². The van der Waals surface area contributed by atoms with Gasteiger partial charge in [0.05, 0.1) is 10.7 Å². The zero-order valence-corrected chi connectivity index (χ0v) is 10.8. The van der Waals surface area contributed by atoms with E-state index in [0.717, 1.165) is 23.5 Å². The number of benzene rings is 1. The summed E-state index contributed by atoms with van der Waals surface area (Å²) in [6, 6.07) is 10.2. The molecule has 0 spiro atoms. The molecule has 1 atom stereocenters. The first-order valence-electron chi connectivity index (χ1n) is 5.90. The van der Waals surface area contributed by atoms with Crippen molar-refractivity contribution >= 4 is 11.3 Å². The Bertz CT molecular complexity index is 452. The molecule has 2 rings (SSSR count). The summed E-state index contributed by atoms with van der Waals surface area (Å²) in [4.78, 5) is 4.62. The highest BCUT2D eigenvalue weighted by Gasteiger charge is 2.06. The lowest BCUT2D eigenvalue weighted by molar-refractivity contribution is 0.230. The van der Waals surface area contributed by atoms with E-state index >= 15 is 0 Å². The predicted molar refractivity (Wildman–Crippen MR) is 72.1 cm³/mol. The van der Waals surface area contributed by atoms with Crippen molar-refractivity contribution in [1.82, 2.24) is 4.98 Å². The molecular weight excluding hydrogens is 230 g/mol. The van der Waals surface area contributed by atoms with E-state index in [0.29, 0.717) is 5.92 Å². The standard InChI is InChI=1S/C14H17NOS/c1-11(9-16)7-8-14-15-13(10-17-14)12-5-3-2-4-6-12/h2-6,10-11,16H,7-9H2,1H3. The van der Waals surface area contributed by atoms with Crippen molar-refractivity contribution in [3.63, 3.8) is 0 Å². The number of aliphatic hydroxyl groups is 1. The Morgan fingerprint density at radius 2 is 2.06 bits per heavy atom. The number of hydrogen-bond donors (Lipinski definition) is 1. The Morgan fingerprint density at radius 3 is 2.76 bits per heavy atom. The van der Waals surface area contributed by atoms with Gasteiger partial charge in [-0.2, -0.15) is 0 Å². The van der Waals surface area contributed by atoms with E-state index in [1.807, 2.05) is 18.2 Å². The largest absolute Gasteiger partial charge is 0.396 e. The fraction of sp³-hybridized carbons (Fsp3) is 0.357. The minimum Gasteiger partial charge on any atom is -0.396 e. The smallest absolute Gasteiger partial charge is 0.0932 e. The summed E-state index contributed by atoms with van der Waals surface area (Å²) in [5, 5.41) is 12.2. The van der Waals surface area contributed by atoms with Gasteiger partial charge >= 0.3 is 0 Å². The number of nitrogens with zero attached hydrogens (tertiary/aromatic N) is 1. The summed E-state index contributed by atoms with van der Waals surface area (Å²) in [5.74, 6) is 0.360. The number of aliphatic hydroxyl groups excluding tert-OH is 1. The van der Waals surface area contributed by atoms with Crippen LogP contribution >= 0.6 is 11.3 Å². The number of aryl methyl sites for hydroxylation is 1. The van der Waals surface area contributed by atoms with Gasteiger partial charge in [-0.1, -0.05) is 37.3 Å². The summed E-state index contributed by atoms with van der Waals surface area (Å²) in [5.41, 5.74) is 2.23. The third-order valence-corrected chi connectivity index (χ3v) is 3.69. The van der Waals surface area contributed by atoms with Crippen molar-refractivity contribution in [2.24, 2.45) is 5.92 Å². The van der Waals surface area contributed by atoms with Crippen LogP contribution in [0.5, 0.6) is 0 Å². The van der Waals surface area contributed by atoms with E-state index < -0.39 is 0 Å². The third kappa shape index (κ3) is 3.38. The lowest BCUT2D eigenvalue weighted by Gasteiger charge is -2.04. The fourth-order valence-electron chi connectivity index (χ4n) is 1.63. The second kappa shape index (κ2) is 5.94. The summed E-state index contributed by atoms with van der Waals surface area (Å²) in [6.07, 6.45) is 1.96. The van der Waals surface area contributed by atoms with Gasteiger partial charge in [0, 0.05) is 17.6 Å². The van der Waals surface area contributed by atoms with Gasteiger partial charge in [0.25, 0.3) is 0 Å². The summed E-state index contributed by atoms with van der Waals surface area (Å²) >= 11 is 1.70. The fourth-order valence-corrected chi connectivity index (χ4v) is 2.45. The van der Waals surface area contributed by atoms with Gasteiger partial charge in [-0.25, -0.2) is 4.98 Å². The number of hydrogen-bond acceptors (Lipinski definition) is 3. The SMILES string of the molecule is CC(CO)CCc1nc(-c2ccccc2)cs1. The first-order valence-corrected chi connectivity index (χ1v) is 6.78. The molecule has 0 bridgehead atoms. The quantitative estimate of drug-likeness (QED) is 0.878. The highest BCUT2D eigenvalue weighted by atomic mass is 32.1. The monoisotopic (exact) mass is 247 g/mol.